The van der Waals surface area contributed by atoms with Crippen molar-refractivity contribution in [1.29, 1.82) is 0 Å². The van der Waals surface area contributed by atoms with Crippen LogP contribution in [0.25, 0.3) is 0 Å². The molecule has 2 heterocycles. The Balaban J connectivity index is 0.00000193. The highest BCUT2D eigenvalue weighted by atomic mass is 35.5. The highest BCUT2D eigenvalue weighted by Gasteiger charge is 2.27. The maximum atomic E-state index is 13.2. The number of rotatable bonds is 6. The van der Waals surface area contributed by atoms with E-state index in [1.165, 1.54) is 11.6 Å². The van der Waals surface area contributed by atoms with Crippen molar-refractivity contribution in [3.05, 3.63) is 59.7 Å². The zero-order chi connectivity index (χ0) is 21.8. The SMILES string of the molecule is CN(C1=Nc2ccccc2CS1)C1CCN(CC(O)COc2ccc(F)c(F)c2)CC1.Cl.Cl. The summed E-state index contributed by atoms with van der Waals surface area (Å²) >= 11 is 1.78. The molecule has 0 saturated carbocycles. The van der Waals surface area contributed by atoms with Gasteiger partial charge in [0.1, 0.15) is 18.5 Å². The van der Waals surface area contributed by atoms with Crippen LogP contribution in [-0.2, 0) is 5.75 Å². The molecular formula is C23H29Cl2F2N3O2S. The molecule has 1 atom stereocenters. The maximum absolute atomic E-state index is 13.2. The second-order valence-corrected chi connectivity index (χ2v) is 8.94. The van der Waals surface area contributed by atoms with E-state index in [0.717, 1.165) is 54.7 Å². The lowest BCUT2D eigenvalue weighted by molar-refractivity contribution is 0.0536. The summed E-state index contributed by atoms with van der Waals surface area (Å²) in [5.41, 5.74) is 2.34. The minimum Gasteiger partial charge on any atom is -0.491 e. The number of aliphatic hydroxyl groups is 1. The number of nitrogens with zero attached hydrogens (tertiary/aromatic N) is 3. The lowest BCUT2D eigenvalue weighted by Crippen LogP contribution is -2.47. The van der Waals surface area contributed by atoms with E-state index in [4.69, 9.17) is 9.73 Å². The fourth-order valence-corrected chi connectivity index (χ4v) is 5.00. The summed E-state index contributed by atoms with van der Waals surface area (Å²) < 4.78 is 31.6. The van der Waals surface area contributed by atoms with Crippen LogP contribution in [0, 0.1) is 11.6 Å². The Hall–Kier alpha value is -1.58. The largest absolute Gasteiger partial charge is 0.491 e. The molecule has 0 aliphatic carbocycles. The van der Waals surface area contributed by atoms with Gasteiger partial charge in [0.2, 0.25) is 0 Å². The van der Waals surface area contributed by atoms with Crippen molar-refractivity contribution in [3.8, 4) is 5.75 Å². The Kier molecular flexibility index (Phi) is 10.7. The van der Waals surface area contributed by atoms with Crippen molar-refractivity contribution in [2.45, 2.75) is 30.7 Å². The Morgan fingerprint density at radius 3 is 2.61 bits per heavy atom. The fraction of sp³-hybridized carbons (Fsp3) is 0.435. The number of hydrogen-bond acceptors (Lipinski definition) is 6. The number of β-amino-alcohol motifs (C(OH)–C–C–N with tert-alkyl or cyclic N) is 1. The number of thioether (sulfide) groups is 1. The number of amidine groups is 1. The molecule has 10 heteroatoms. The average Bonchev–Trinajstić information content (AvgIpc) is 2.79. The molecule has 182 valence electrons. The average molecular weight is 520 g/mol. The molecule has 5 nitrogen and oxygen atoms in total. The van der Waals surface area contributed by atoms with E-state index in [2.05, 4.69) is 35.0 Å². The topological polar surface area (TPSA) is 48.3 Å². The molecule has 33 heavy (non-hydrogen) atoms. The van der Waals surface area contributed by atoms with Gasteiger partial charge < -0.3 is 19.6 Å². The van der Waals surface area contributed by atoms with Gasteiger partial charge >= 0.3 is 0 Å². The molecule has 2 aliphatic rings. The smallest absolute Gasteiger partial charge is 0.164 e. The quantitative estimate of drug-likeness (QED) is 0.589. The van der Waals surface area contributed by atoms with E-state index in [9.17, 15) is 13.9 Å². The summed E-state index contributed by atoms with van der Waals surface area (Å²) in [4.78, 5) is 9.35. The van der Waals surface area contributed by atoms with Gasteiger partial charge in [0, 0.05) is 44.5 Å². The molecule has 0 spiro atoms. The van der Waals surface area contributed by atoms with Gasteiger partial charge in [0.05, 0.1) is 5.69 Å². The third kappa shape index (κ3) is 7.20. The summed E-state index contributed by atoms with van der Waals surface area (Å²) in [6.07, 6.45) is 1.29. The number of hydrogen-bond donors (Lipinski definition) is 1. The first-order valence-corrected chi connectivity index (χ1v) is 11.5. The van der Waals surface area contributed by atoms with Crippen LogP contribution in [-0.4, -0.2) is 65.5 Å². The lowest BCUT2D eigenvalue weighted by Gasteiger charge is -2.39. The van der Waals surface area contributed by atoms with Crippen LogP contribution in [0.1, 0.15) is 18.4 Å². The van der Waals surface area contributed by atoms with Crippen LogP contribution in [0.5, 0.6) is 5.75 Å². The summed E-state index contributed by atoms with van der Waals surface area (Å²) in [6.45, 7) is 2.29. The molecule has 2 aromatic carbocycles. The highest BCUT2D eigenvalue weighted by molar-refractivity contribution is 8.13. The first-order chi connectivity index (χ1) is 15.0. The standard InChI is InChI=1S/C23H27F2N3O2S.2ClH/c1-27(23-26-22-5-3-2-4-16(22)15-31-23)17-8-10-28(11-9-17)13-18(29)14-30-19-6-7-20(24)21(25)12-19;;/h2-7,12,17-18,29H,8-11,13-15H2,1H3;2*1H. The highest BCUT2D eigenvalue weighted by Crippen LogP contribution is 2.32. The fourth-order valence-electron chi connectivity index (χ4n) is 3.96. The normalized spacial score (nSPS) is 17.2. The van der Waals surface area contributed by atoms with E-state index < -0.39 is 17.7 Å². The van der Waals surface area contributed by atoms with Crippen molar-refractivity contribution in [2.75, 3.05) is 33.3 Å². The molecule has 1 N–H and O–H groups in total. The van der Waals surface area contributed by atoms with Crippen LogP contribution in [0.3, 0.4) is 0 Å². The van der Waals surface area contributed by atoms with Gasteiger partial charge in [0.25, 0.3) is 0 Å². The van der Waals surface area contributed by atoms with Crippen molar-refractivity contribution in [1.82, 2.24) is 9.80 Å². The van der Waals surface area contributed by atoms with Crippen molar-refractivity contribution in [2.24, 2.45) is 4.99 Å². The number of aliphatic hydroxyl groups excluding tert-OH is 1. The summed E-state index contributed by atoms with van der Waals surface area (Å²) in [7, 11) is 2.12. The predicted molar refractivity (Wildman–Crippen MR) is 134 cm³/mol. The van der Waals surface area contributed by atoms with Gasteiger partial charge in [-0.05, 0) is 36.6 Å². The monoisotopic (exact) mass is 519 g/mol. The number of fused-ring (bicyclic) bond motifs is 1. The Morgan fingerprint density at radius 2 is 1.88 bits per heavy atom. The lowest BCUT2D eigenvalue weighted by atomic mass is 10.0. The van der Waals surface area contributed by atoms with Gasteiger partial charge in [-0.3, -0.25) is 0 Å². The zero-order valence-corrected chi connectivity index (χ0v) is 20.8. The number of piperidine rings is 1. The molecule has 0 amide bonds. The molecule has 2 aromatic rings. The predicted octanol–water partition coefficient (Wildman–Crippen LogP) is 4.88. The zero-order valence-electron chi connectivity index (χ0n) is 18.3. The third-order valence-electron chi connectivity index (χ3n) is 5.77. The Labute approximate surface area is 210 Å². The summed E-state index contributed by atoms with van der Waals surface area (Å²) in [5.74, 6) is -0.710. The third-order valence-corrected chi connectivity index (χ3v) is 6.87. The van der Waals surface area contributed by atoms with Crippen LogP contribution in [0.2, 0.25) is 0 Å². The van der Waals surface area contributed by atoms with Crippen LogP contribution in [0.15, 0.2) is 47.5 Å². The Morgan fingerprint density at radius 1 is 1.15 bits per heavy atom. The van der Waals surface area contributed by atoms with E-state index in [1.807, 2.05) is 6.07 Å². The van der Waals surface area contributed by atoms with Gasteiger partial charge in [-0.2, -0.15) is 0 Å². The van der Waals surface area contributed by atoms with E-state index in [-0.39, 0.29) is 37.2 Å². The molecular weight excluding hydrogens is 491 g/mol. The second-order valence-electron chi connectivity index (χ2n) is 8.00. The van der Waals surface area contributed by atoms with Gasteiger partial charge in [-0.15, -0.1) is 24.8 Å². The minimum absolute atomic E-state index is 0. The summed E-state index contributed by atoms with van der Waals surface area (Å²) in [6, 6.07) is 12.1. The van der Waals surface area contributed by atoms with Crippen LogP contribution in [0.4, 0.5) is 14.5 Å². The van der Waals surface area contributed by atoms with Crippen LogP contribution < -0.4 is 4.74 Å². The number of ether oxygens (including phenoxy) is 1. The molecule has 1 fully saturated rings. The second kappa shape index (κ2) is 12.8. The first kappa shape index (κ1) is 27.7. The molecule has 4 rings (SSSR count). The first-order valence-electron chi connectivity index (χ1n) is 10.5. The Bertz CT molecular complexity index is 946. The van der Waals surface area contributed by atoms with Gasteiger partial charge in [-0.25, -0.2) is 13.8 Å². The van der Waals surface area contributed by atoms with Crippen molar-refractivity contribution in [3.63, 3.8) is 0 Å². The molecule has 2 aliphatic heterocycles. The number of likely N-dealkylation sites (tertiary alicyclic amines) is 1. The maximum Gasteiger partial charge on any atom is 0.164 e. The molecule has 1 saturated heterocycles. The van der Waals surface area contributed by atoms with Crippen molar-refractivity contribution >= 4 is 47.4 Å². The molecule has 1 unspecified atom stereocenters. The molecule has 0 radical (unpaired) electrons. The van der Waals surface area contributed by atoms with E-state index in [0.29, 0.717) is 12.6 Å². The summed E-state index contributed by atoms with van der Waals surface area (Å²) in [5, 5.41) is 11.4. The molecule has 0 aromatic heterocycles. The van der Waals surface area contributed by atoms with E-state index in [1.54, 1.807) is 11.8 Å². The van der Waals surface area contributed by atoms with Crippen LogP contribution >= 0.6 is 36.6 Å². The van der Waals surface area contributed by atoms with Crippen molar-refractivity contribution < 1.29 is 18.6 Å². The molecule has 0 bridgehead atoms. The number of halogens is 4. The van der Waals surface area contributed by atoms with E-state index >= 15 is 0 Å². The van der Waals surface area contributed by atoms with Gasteiger partial charge in [-0.1, -0.05) is 30.0 Å². The number of aliphatic imine (C=N–C) groups is 1. The number of para-hydroxylation sites is 1. The minimum atomic E-state index is -0.956. The number of benzene rings is 2. The van der Waals surface area contributed by atoms with Gasteiger partial charge in [0.15, 0.2) is 16.8 Å².